The first-order chi connectivity index (χ1) is 18.5. The van der Waals surface area contributed by atoms with Crippen molar-refractivity contribution in [3.8, 4) is 0 Å². The molecule has 0 aliphatic rings. The van der Waals surface area contributed by atoms with Crippen LogP contribution in [0.15, 0.2) is 71.6 Å². The van der Waals surface area contributed by atoms with E-state index in [4.69, 9.17) is 46.4 Å². The molecule has 0 spiro atoms. The van der Waals surface area contributed by atoms with Gasteiger partial charge in [0.05, 0.1) is 20.6 Å². The van der Waals surface area contributed by atoms with Crippen LogP contribution in [-0.2, 0) is 26.2 Å². The first-order valence-corrected chi connectivity index (χ1v) is 15.0. The van der Waals surface area contributed by atoms with E-state index >= 15 is 0 Å². The van der Waals surface area contributed by atoms with Crippen LogP contribution in [-0.4, -0.2) is 44.3 Å². The molecule has 1 atom stereocenters. The normalized spacial score (nSPS) is 12.1. The van der Waals surface area contributed by atoms with Crippen molar-refractivity contribution < 1.29 is 18.0 Å². The van der Waals surface area contributed by atoms with Crippen molar-refractivity contribution in [3.63, 3.8) is 0 Å². The summed E-state index contributed by atoms with van der Waals surface area (Å²) in [6.45, 7) is 3.16. The average molecular weight is 631 g/mol. The van der Waals surface area contributed by atoms with E-state index in [1.807, 2.05) is 0 Å². The first kappa shape index (κ1) is 31.0. The highest BCUT2D eigenvalue weighted by Crippen LogP contribution is 2.35. The van der Waals surface area contributed by atoms with Gasteiger partial charge in [0.25, 0.3) is 10.0 Å². The van der Waals surface area contributed by atoms with Crippen LogP contribution in [0.3, 0.4) is 0 Å². The molecule has 0 aliphatic heterocycles. The van der Waals surface area contributed by atoms with Crippen LogP contribution in [0.25, 0.3) is 0 Å². The number of nitrogens with one attached hydrogen (secondary N) is 1. The van der Waals surface area contributed by atoms with Crippen LogP contribution < -0.4 is 9.62 Å². The lowest BCUT2D eigenvalue weighted by Crippen LogP contribution is -2.52. The number of likely N-dealkylation sites (N-methyl/N-ethyl adjacent to an activating group) is 1. The highest BCUT2D eigenvalue weighted by Gasteiger charge is 2.34. The van der Waals surface area contributed by atoms with Gasteiger partial charge >= 0.3 is 0 Å². The Morgan fingerprint density at radius 2 is 1.59 bits per heavy atom. The molecule has 1 unspecified atom stereocenters. The second-order valence-electron chi connectivity index (χ2n) is 8.47. The Morgan fingerprint density at radius 3 is 2.21 bits per heavy atom. The lowest BCUT2D eigenvalue weighted by atomic mass is 10.1. The Labute approximate surface area is 248 Å². The van der Waals surface area contributed by atoms with Gasteiger partial charge in [-0.1, -0.05) is 83.7 Å². The zero-order valence-corrected chi connectivity index (χ0v) is 25.0. The van der Waals surface area contributed by atoms with Crippen molar-refractivity contribution in [2.45, 2.75) is 37.8 Å². The van der Waals surface area contributed by atoms with Gasteiger partial charge in [-0.05, 0) is 55.3 Å². The number of hydrogen-bond donors (Lipinski definition) is 1. The highest BCUT2D eigenvalue weighted by molar-refractivity contribution is 7.92. The zero-order valence-electron chi connectivity index (χ0n) is 21.2. The van der Waals surface area contributed by atoms with Crippen molar-refractivity contribution in [1.82, 2.24) is 10.2 Å². The number of carbonyl (C=O) groups excluding carboxylic acids is 2. The maximum absolute atomic E-state index is 14.0. The summed E-state index contributed by atoms with van der Waals surface area (Å²) in [4.78, 5) is 28.2. The van der Waals surface area contributed by atoms with E-state index in [1.54, 1.807) is 44.2 Å². The van der Waals surface area contributed by atoms with Crippen LogP contribution in [0.2, 0.25) is 20.1 Å². The van der Waals surface area contributed by atoms with Gasteiger partial charge in [-0.3, -0.25) is 13.9 Å². The van der Waals surface area contributed by atoms with Crippen LogP contribution in [0.1, 0.15) is 25.8 Å². The molecule has 3 rings (SSSR count). The zero-order chi connectivity index (χ0) is 28.7. The van der Waals surface area contributed by atoms with Gasteiger partial charge in [-0.2, -0.15) is 0 Å². The number of nitrogens with zero attached hydrogens (tertiary/aromatic N) is 2. The monoisotopic (exact) mass is 629 g/mol. The summed E-state index contributed by atoms with van der Waals surface area (Å²) in [5.41, 5.74) is 0.562. The topological polar surface area (TPSA) is 86.8 Å². The summed E-state index contributed by atoms with van der Waals surface area (Å²) in [7, 11) is -4.27. The third-order valence-corrected chi connectivity index (χ3v) is 9.07. The molecule has 0 saturated carbocycles. The Hall–Kier alpha value is -2.49. The van der Waals surface area contributed by atoms with Crippen molar-refractivity contribution in [2.75, 3.05) is 17.4 Å². The number of benzene rings is 3. The van der Waals surface area contributed by atoms with E-state index in [-0.39, 0.29) is 39.5 Å². The molecule has 0 aromatic heterocycles. The second-order valence-corrected chi connectivity index (χ2v) is 12.0. The number of amides is 2. The molecule has 39 heavy (non-hydrogen) atoms. The number of anilines is 1. The summed E-state index contributed by atoms with van der Waals surface area (Å²) >= 11 is 25.1. The molecule has 2 amide bonds. The number of sulfonamides is 1. The maximum atomic E-state index is 14.0. The number of carbonyl (C=O) groups is 2. The molecule has 0 fully saturated rings. The summed E-state index contributed by atoms with van der Waals surface area (Å²) in [5.74, 6) is -1.02. The predicted molar refractivity (Wildman–Crippen MR) is 157 cm³/mol. The minimum absolute atomic E-state index is 0.0249. The van der Waals surface area contributed by atoms with Gasteiger partial charge in [0.1, 0.15) is 12.6 Å². The predicted octanol–water partition coefficient (Wildman–Crippen LogP) is 6.44. The van der Waals surface area contributed by atoms with E-state index < -0.39 is 28.5 Å². The van der Waals surface area contributed by atoms with E-state index in [0.717, 1.165) is 4.31 Å². The molecule has 0 aliphatic carbocycles. The lowest BCUT2D eigenvalue weighted by Gasteiger charge is -2.33. The summed E-state index contributed by atoms with van der Waals surface area (Å²) in [6, 6.07) is 16.1. The molecular formula is C27H27Cl4N3O4S. The highest BCUT2D eigenvalue weighted by atomic mass is 35.5. The van der Waals surface area contributed by atoms with E-state index in [9.17, 15) is 18.0 Å². The van der Waals surface area contributed by atoms with Gasteiger partial charge < -0.3 is 10.2 Å². The third kappa shape index (κ3) is 7.38. The number of halogens is 4. The minimum Gasteiger partial charge on any atom is -0.355 e. The molecule has 0 saturated heterocycles. The SMILES string of the molecule is CCNC(=O)C(CC)N(Cc1ccc(Cl)cc1Cl)C(=O)CN(c1cccc(Cl)c1Cl)S(=O)(=O)c1ccccc1. The lowest BCUT2D eigenvalue weighted by molar-refractivity contribution is -0.140. The van der Waals surface area contributed by atoms with Crippen LogP contribution >= 0.6 is 46.4 Å². The molecule has 12 heteroatoms. The molecule has 0 bridgehead atoms. The third-order valence-electron chi connectivity index (χ3n) is 5.90. The number of rotatable bonds is 11. The van der Waals surface area contributed by atoms with Gasteiger partial charge in [0, 0.05) is 23.1 Å². The van der Waals surface area contributed by atoms with Crippen LogP contribution in [0, 0.1) is 0 Å². The Kier molecular flexibility index (Phi) is 10.9. The molecule has 3 aromatic rings. The standard InChI is InChI=1S/C27H27Cl4N3O4S/c1-3-23(27(36)32-4-2)33(16-18-13-14-19(28)15-22(18)30)25(35)17-34(24-12-8-11-21(29)26(24)31)39(37,38)20-9-6-5-7-10-20/h5-15,23H,3-4,16-17H2,1-2H3,(H,32,36). The van der Waals surface area contributed by atoms with E-state index in [1.165, 1.54) is 41.3 Å². The molecule has 7 nitrogen and oxygen atoms in total. The Morgan fingerprint density at radius 1 is 0.897 bits per heavy atom. The minimum atomic E-state index is -4.27. The van der Waals surface area contributed by atoms with Gasteiger partial charge in [0.2, 0.25) is 11.8 Å². The second kappa shape index (κ2) is 13.7. The van der Waals surface area contributed by atoms with Crippen LogP contribution in [0.5, 0.6) is 0 Å². The maximum Gasteiger partial charge on any atom is 0.264 e. The molecule has 0 radical (unpaired) electrons. The molecule has 0 heterocycles. The van der Waals surface area contributed by atoms with Gasteiger partial charge in [0.15, 0.2) is 0 Å². The molecular weight excluding hydrogens is 604 g/mol. The molecule has 1 N–H and O–H groups in total. The Bertz CT molecular complexity index is 1440. The fourth-order valence-electron chi connectivity index (χ4n) is 3.96. The summed E-state index contributed by atoms with van der Waals surface area (Å²) in [6.07, 6.45) is 0.270. The fourth-order valence-corrected chi connectivity index (χ4v) is 6.33. The Balaban J connectivity index is 2.11. The van der Waals surface area contributed by atoms with Gasteiger partial charge in [-0.25, -0.2) is 8.42 Å². The average Bonchev–Trinajstić information content (AvgIpc) is 2.90. The quantitative estimate of drug-likeness (QED) is 0.264. The summed E-state index contributed by atoms with van der Waals surface area (Å²) in [5, 5.41) is 3.54. The van der Waals surface area contributed by atoms with Gasteiger partial charge in [-0.15, -0.1) is 0 Å². The van der Waals surface area contributed by atoms with Crippen molar-refractivity contribution >= 4 is 73.9 Å². The van der Waals surface area contributed by atoms with E-state index in [2.05, 4.69) is 5.32 Å². The van der Waals surface area contributed by atoms with Crippen molar-refractivity contribution in [2.24, 2.45) is 0 Å². The molecule has 3 aromatic carbocycles. The molecule has 208 valence electrons. The number of hydrogen-bond acceptors (Lipinski definition) is 4. The summed E-state index contributed by atoms with van der Waals surface area (Å²) < 4.78 is 28.5. The first-order valence-electron chi connectivity index (χ1n) is 12.0. The smallest absolute Gasteiger partial charge is 0.264 e. The van der Waals surface area contributed by atoms with Crippen molar-refractivity contribution in [1.29, 1.82) is 0 Å². The van der Waals surface area contributed by atoms with Crippen LogP contribution in [0.4, 0.5) is 5.69 Å². The largest absolute Gasteiger partial charge is 0.355 e. The fraction of sp³-hybridized carbons (Fsp3) is 0.259. The van der Waals surface area contributed by atoms with E-state index in [0.29, 0.717) is 22.2 Å². The van der Waals surface area contributed by atoms with Crippen molar-refractivity contribution in [3.05, 3.63) is 92.4 Å².